The van der Waals surface area contributed by atoms with Crippen molar-refractivity contribution in [2.45, 2.75) is 18.9 Å². The summed E-state index contributed by atoms with van der Waals surface area (Å²) in [5.74, 6) is 0.254. The molecule has 3 nitrogen and oxygen atoms in total. The molecule has 1 amide bonds. The first-order valence-electron chi connectivity index (χ1n) is 5.91. The molecule has 1 aliphatic carbocycles. The average Bonchev–Trinajstić information content (AvgIpc) is 2.73. The minimum Gasteiger partial charge on any atom is -0.337 e. The van der Waals surface area contributed by atoms with Crippen LogP contribution in [-0.2, 0) is 17.6 Å². The van der Waals surface area contributed by atoms with Crippen LogP contribution in [0.3, 0.4) is 0 Å². The minimum absolute atomic E-state index is 0.254. The molecule has 0 aromatic heterocycles. The molecular weight excluding hydrogens is 200 g/mol. The summed E-state index contributed by atoms with van der Waals surface area (Å²) in [5.41, 5.74) is 2.83. The number of piperazine rings is 1. The molecule has 1 N–H and O–H groups in total. The van der Waals surface area contributed by atoms with Crippen molar-refractivity contribution >= 4 is 5.91 Å². The lowest BCUT2D eigenvalue weighted by molar-refractivity contribution is -0.134. The molecule has 3 rings (SSSR count). The van der Waals surface area contributed by atoms with E-state index in [1.54, 1.807) is 0 Å². The van der Waals surface area contributed by atoms with E-state index in [4.69, 9.17) is 0 Å². The van der Waals surface area contributed by atoms with Crippen molar-refractivity contribution in [3.05, 3.63) is 35.4 Å². The third kappa shape index (κ3) is 1.61. The summed E-state index contributed by atoms with van der Waals surface area (Å²) < 4.78 is 0. The molecule has 0 saturated carbocycles. The van der Waals surface area contributed by atoms with Crippen LogP contribution in [0.15, 0.2) is 24.3 Å². The maximum absolute atomic E-state index is 11.8. The van der Waals surface area contributed by atoms with E-state index in [9.17, 15) is 4.79 Å². The number of amides is 1. The first kappa shape index (κ1) is 9.85. The molecule has 0 radical (unpaired) electrons. The summed E-state index contributed by atoms with van der Waals surface area (Å²) in [6, 6.07) is 8.93. The van der Waals surface area contributed by atoms with Crippen LogP contribution in [0.1, 0.15) is 11.1 Å². The molecule has 0 spiro atoms. The first-order chi connectivity index (χ1) is 7.84. The molecule has 3 heteroatoms. The van der Waals surface area contributed by atoms with Gasteiger partial charge in [-0.05, 0) is 24.0 Å². The van der Waals surface area contributed by atoms with Gasteiger partial charge in [0.1, 0.15) is 0 Å². The number of nitrogens with one attached hydrogen (secondary N) is 1. The molecule has 0 unspecified atom stereocenters. The molecule has 2 aliphatic rings. The van der Waals surface area contributed by atoms with Crippen molar-refractivity contribution in [3.63, 3.8) is 0 Å². The number of hydrogen-bond acceptors (Lipinski definition) is 2. The number of nitrogens with zero attached hydrogens (tertiary/aromatic N) is 1. The maximum atomic E-state index is 11.8. The largest absolute Gasteiger partial charge is 0.337 e. The van der Waals surface area contributed by atoms with Gasteiger partial charge in [0.05, 0.1) is 6.54 Å². The van der Waals surface area contributed by atoms with Gasteiger partial charge >= 0.3 is 0 Å². The van der Waals surface area contributed by atoms with Crippen molar-refractivity contribution in [2.24, 2.45) is 0 Å². The zero-order valence-electron chi connectivity index (χ0n) is 9.28. The Labute approximate surface area is 95.4 Å². The van der Waals surface area contributed by atoms with Crippen LogP contribution < -0.4 is 5.32 Å². The first-order valence-corrected chi connectivity index (χ1v) is 5.91. The highest BCUT2D eigenvalue weighted by atomic mass is 16.2. The smallest absolute Gasteiger partial charge is 0.236 e. The summed E-state index contributed by atoms with van der Waals surface area (Å²) in [6.07, 6.45) is 2.06. The van der Waals surface area contributed by atoms with Crippen LogP contribution in [0, 0.1) is 0 Å². The van der Waals surface area contributed by atoms with Gasteiger partial charge in [0.15, 0.2) is 0 Å². The van der Waals surface area contributed by atoms with Gasteiger partial charge in [-0.2, -0.15) is 0 Å². The van der Waals surface area contributed by atoms with Gasteiger partial charge in [-0.15, -0.1) is 0 Å². The highest BCUT2D eigenvalue weighted by Gasteiger charge is 2.30. The van der Waals surface area contributed by atoms with E-state index in [1.165, 1.54) is 11.1 Å². The predicted molar refractivity (Wildman–Crippen MR) is 62.2 cm³/mol. The van der Waals surface area contributed by atoms with E-state index >= 15 is 0 Å². The van der Waals surface area contributed by atoms with Crippen molar-refractivity contribution in [1.82, 2.24) is 10.2 Å². The lowest BCUT2D eigenvalue weighted by Gasteiger charge is -2.32. The van der Waals surface area contributed by atoms with Crippen molar-refractivity contribution in [2.75, 3.05) is 19.6 Å². The molecule has 1 heterocycles. The summed E-state index contributed by atoms with van der Waals surface area (Å²) in [5, 5.41) is 3.12. The van der Waals surface area contributed by atoms with Crippen LogP contribution in [0.25, 0.3) is 0 Å². The number of rotatable bonds is 1. The van der Waals surface area contributed by atoms with Crippen molar-refractivity contribution in [1.29, 1.82) is 0 Å². The standard InChI is InChI=1S/C13H16N2O/c16-13-9-14-5-6-15(13)12-7-10-3-1-2-4-11(10)8-12/h1-4,12,14H,5-9H2. The Morgan fingerprint density at radius 1 is 1.19 bits per heavy atom. The van der Waals surface area contributed by atoms with Gasteiger partial charge in [0, 0.05) is 19.1 Å². The molecule has 1 aliphatic heterocycles. The van der Waals surface area contributed by atoms with Crippen LogP contribution in [0.2, 0.25) is 0 Å². The fourth-order valence-electron chi connectivity index (χ4n) is 2.76. The van der Waals surface area contributed by atoms with E-state index in [0.29, 0.717) is 12.6 Å². The van der Waals surface area contributed by atoms with Crippen LogP contribution in [0.5, 0.6) is 0 Å². The third-order valence-corrected chi connectivity index (χ3v) is 3.60. The molecule has 1 aromatic rings. The van der Waals surface area contributed by atoms with E-state index < -0.39 is 0 Å². The predicted octanol–water partition coefficient (Wildman–Crippen LogP) is 0.586. The molecule has 1 fully saturated rings. The Bertz CT molecular complexity index is 391. The Morgan fingerprint density at radius 2 is 1.88 bits per heavy atom. The van der Waals surface area contributed by atoms with E-state index in [1.807, 2.05) is 0 Å². The second kappa shape index (κ2) is 3.91. The average molecular weight is 216 g/mol. The molecule has 0 atom stereocenters. The van der Waals surface area contributed by atoms with E-state index in [2.05, 4.69) is 34.5 Å². The van der Waals surface area contributed by atoms with Gasteiger partial charge in [-0.3, -0.25) is 4.79 Å². The fraction of sp³-hybridized carbons (Fsp3) is 0.462. The number of benzene rings is 1. The zero-order valence-corrected chi connectivity index (χ0v) is 9.28. The molecule has 84 valence electrons. The summed E-state index contributed by atoms with van der Waals surface area (Å²) in [6.45, 7) is 2.29. The van der Waals surface area contributed by atoms with E-state index in [0.717, 1.165) is 25.9 Å². The normalized spacial score (nSPS) is 21.2. The quantitative estimate of drug-likeness (QED) is 0.745. The molecule has 0 bridgehead atoms. The highest BCUT2D eigenvalue weighted by Crippen LogP contribution is 2.25. The molecular formula is C13H16N2O. The molecule has 16 heavy (non-hydrogen) atoms. The number of fused-ring (bicyclic) bond motifs is 1. The van der Waals surface area contributed by atoms with Gasteiger partial charge in [0.25, 0.3) is 0 Å². The summed E-state index contributed by atoms with van der Waals surface area (Å²) in [4.78, 5) is 13.8. The van der Waals surface area contributed by atoms with Gasteiger partial charge < -0.3 is 10.2 Å². The lowest BCUT2D eigenvalue weighted by atomic mass is 10.1. The Kier molecular flexibility index (Phi) is 2.40. The number of hydrogen-bond donors (Lipinski definition) is 1. The second-order valence-electron chi connectivity index (χ2n) is 4.59. The second-order valence-corrected chi connectivity index (χ2v) is 4.59. The van der Waals surface area contributed by atoms with Gasteiger partial charge in [0.2, 0.25) is 5.91 Å². The monoisotopic (exact) mass is 216 g/mol. The summed E-state index contributed by atoms with van der Waals surface area (Å²) in [7, 11) is 0. The molecule has 1 saturated heterocycles. The van der Waals surface area contributed by atoms with Crippen LogP contribution >= 0.6 is 0 Å². The Balaban J connectivity index is 1.77. The SMILES string of the molecule is O=C1CNCCN1C1Cc2ccccc2C1. The minimum atomic E-state index is 0.254. The van der Waals surface area contributed by atoms with Crippen LogP contribution in [0.4, 0.5) is 0 Å². The zero-order chi connectivity index (χ0) is 11.0. The van der Waals surface area contributed by atoms with E-state index in [-0.39, 0.29) is 5.91 Å². The van der Waals surface area contributed by atoms with Crippen molar-refractivity contribution < 1.29 is 4.79 Å². The van der Waals surface area contributed by atoms with Crippen LogP contribution in [-0.4, -0.2) is 36.5 Å². The van der Waals surface area contributed by atoms with Crippen molar-refractivity contribution in [3.8, 4) is 0 Å². The number of carbonyl (C=O) groups is 1. The lowest BCUT2D eigenvalue weighted by Crippen LogP contribution is -2.52. The Hall–Kier alpha value is -1.35. The number of carbonyl (C=O) groups excluding carboxylic acids is 1. The topological polar surface area (TPSA) is 32.3 Å². The molecule has 1 aromatic carbocycles. The summed E-state index contributed by atoms with van der Waals surface area (Å²) >= 11 is 0. The third-order valence-electron chi connectivity index (χ3n) is 3.60. The maximum Gasteiger partial charge on any atom is 0.236 e. The Morgan fingerprint density at radius 3 is 2.50 bits per heavy atom. The highest BCUT2D eigenvalue weighted by molar-refractivity contribution is 5.79. The van der Waals surface area contributed by atoms with Gasteiger partial charge in [-0.25, -0.2) is 0 Å². The van der Waals surface area contributed by atoms with Gasteiger partial charge in [-0.1, -0.05) is 24.3 Å². The fourth-order valence-corrected chi connectivity index (χ4v) is 2.76.